The Balaban J connectivity index is 0.000000705. The zero-order valence-electron chi connectivity index (χ0n) is 15.8. The van der Waals surface area contributed by atoms with Gasteiger partial charge in [-0.05, 0) is 63.6 Å². The molecule has 0 bridgehead atoms. The summed E-state index contributed by atoms with van der Waals surface area (Å²) in [5.41, 5.74) is 4.85. The number of carboxylic acid groups (broad SMARTS) is 2. The van der Waals surface area contributed by atoms with E-state index in [1.165, 1.54) is 10.2 Å². The number of hydrogen-bond donors (Lipinski definition) is 2. The summed E-state index contributed by atoms with van der Waals surface area (Å²) in [6.07, 6.45) is 5.30. The van der Waals surface area contributed by atoms with Crippen LogP contribution in [0.5, 0.6) is 0 Å². The number of carbonyl (C=O) groups is 2. The fraction of sp³-hybridized carbons (Fsp3) is 0.474. The van der Waals surface area contributed by atoms with Gasteiger partial charge in [0.2, 0.25) is 0 Å². The topological polar surface area (TPSA) is 77.8 Å². The van der Waals surface area contributed by atoms with Gasteiger partial charge in [0, 0.05) is 23.3 Å². The summed E-state index contributed by atoms with van der Waals surface area (Å²) in [4.78, 5) is 25.2. The van der Waals surface area contributed by atoms with Crippen LogP contribution in [-0.4, -0.2) is 45.5 Å². The van der Waals surface area contributed by atoms with Crippen LogP contribution in [0.25, 0.3) is 0 Å². The van der Waals surface area contributed by atoms with Crippen LogP contribution in [0.15, 0.2) is 11.8 Å². The molecule has 1 aliphatic rings. The fourth-order valence-corrected chi connectivity index (χ4v) is 3.23. The van der Waals surface area contributed by atoms with Crippen molar-refractivity contribution < 1.29 is 19.8 Å². The zero-order chi connectivity index (χ0) is 19.1. The van der Waals surface area contributed by atoms with Gasteiger partial charge in [-0.1, -0.05) is 6.08 Å². The van der Waals surface area contributed by atoms with E-state index in [1.54, 1.807) is 13.8 Å². The van der Waals surface area contributed by atoms with Crippen LogP contribution in [0, 0.1) is 20.8 Å². The number of hydrogen-bond acceptors (Lipinski definition) is 3. The molecule has 1 aromatic carbocycles. The third-order valence-electron chi connectivity index (χ3n) is 4.71. The van der Waals surface area contributed by atoms with Crippen LogP contribution < -0.4 is 4.90 Å². The van der Waals surface area contributed by atoms with Crippen molar-refractivity contribution in [3.8, 4) is 0 Å². The van der Waals surface area contributed by atoms with E-state index in [0.717, 1.165) is 37.9 Å². The molecule has 1 heterocycles. The van der Waals surface area contributed by atoms with E-state index in [9.17, 15) is 19.8 Å². The highest BCUT2D eigenvalue weighted by Gasteiger charge is 2.28. The average Bonchev–Trinajstić information content (AvgIpc) is 2.58. The van der Waals surface area contributed by atoms with Crippen molar-refractivity contribution in [2.75, 3.05) is 18.0 Å². The lowest BCUT2D eigenvalue weighted by molar-refractivity contribution is 0.0695. The molecular formula is C19H29NO4Si. The quantitative estimate of drug-likeness (QED) is 0.808. The number of allylic oxidation sites excluding steroid dienone is 1. The van der Waals surface area contributed by atoms with Crippen LogP contribution in [0.3, 0.4) is 0 Å². The van der Waals surface area contributed by atoms with Crippen LogP contribution in [0.4, 0.5) is 5.69 Å². The number of piperidine rings is 1. The SMILES string of the molecule is CC=C[SiH3].Cc1c(C)c(N2CCCCC2)c(C(=O)O)c(C)c1C(=O)O. The summed E-state index contributed by atoms with van der Waals surface area (Å²) in [5, 5.41) is 19.0. The minimum absolute atomic E-state index is 0.116. The highest BCUT2D eigenvalue weighted by Crippen LogP contribution is 2.35. The van der Waals surface area contributed by atoms with E-state index < -0.39 is 11.9 Å². The monoisotopic (exact) mass is 363 g/mol. The van der Waals surface area contributed by atoms with Crippen LogP contribution in [-0.2, 0) is 0 Å². The van der Waals surface area contributed by atoms with E-state index in [0.29, 0.717) is 16.8 Å². The molecule has 6 heteroatoms. The smallest absolute Gasteiger partial charge is 0.338 e. The first-order chi connectivity index (χ1) is 11.8. The average molecular weight is 364 g/mol. The Hall–Kier alpha value is -2.08. The number of nitrogens with zero attached hydrogens (tertiary/aromatic N) is 1. The maximum Gasteiger partial charge on any atom is 0.338 e. The Morgan fingerprint density at radius 1 is 0.920 bits per heavy atom. The number of anilines is 1. The largest absolute Gasteiger partial charge is 0.478 e. The van der Waals surface area contributed by atoms with Gasteiger partial charge in [-0.25, -0.2) is 9.59 Å². The zero-order valence-corrected chi connectivity index (χ0v) is 17.8. The minimum Gasteiger partial charge on any atom is -0.478 e. The van der Waals surface area contributed by atoms with Crippen molar-refractivity contribution >= 4 is 27.9 Å². The van der Waals surface area contributed by atoms with Gasteiger partial charge in [0.1, 0.15) is 0 Å². The first-order valence-corrected chi connectivity index (χ1v) is 9.85. The molecule has 0 spiro atoms. The molecular weight excluding hydrogens is 334 g/mol. The number of carboxylic acids is 2. The van der Waals surface area contributed by atoms with Gasteiger partial charge in [-0.2, -0.15) is 0 Å². The summed E-state index contributed by atoms with van der Waals surface area (Å²) < 4.78 is 0. The summed E-state index contributed by atoms with van der Waals surface area (Å²) in [6, 6.07) is 0. The van der Waals surface area contributed by atoms with Crippen molar-refractivity contribution in [3.63, 3.8) is 0 Å². The van der Waals surface area contributed by atoms with E-state index in [1.807, 2.05) is 13.8 Å². The molecule has 0 unspecified atom stereocenters. The molecule has 0 aliphatic carbocycles. The van der Waals surface area contributed by atoms with Gasteiger partial charge < -0.3 is 15.1 Å². The van der Waals surface area contributed by atoms with Gasteiger partial charge >= 0.3 is 11.9 Å². The Morgan fingerprint density at radius 2 is 1.40 bits per heavy atom. The molecule has 25 heavy (non-hydrogen) atoms. The standard InChI is InChI=1S/C16H21NO4.C3H8Si/c1-9-10(2)14(17-7-5-4-6-8-17)13(16(20)21)11(3)12(9)15(18)19;1-2-3-4/h4-8H2,1-3H3,(H,18,19)(H,20,21);2-3H,1,4H3. The predicted octanol–water partition coefficient (Wildman–Crippen LogP) is 2.88. The summed E-state index contributed by atoms with van der Waals surface area (Å²) in [7, 11) is 1.21. The number of rotatable bonds is 3. The Kier molecular flexibility index (Phi) is 7.89. The van der Waals surface area contributed by atoms with Gasteiger partial charge in [0.05, 0.1) is 16.8 Å². The van der Waals surface area contributed by atoms with Crippen LogP contribution >= 0.6 is 0 Å². The Bertz CT molecular complexity index is 673. The van der Waals surface area contributed by atoms with Gasteiger partial charge in [0.15, 0.2) is 0 Å². The fourth-order valence-electron chi connectivity index (χ4n) is 3.23. The second-order valence-electron chi connectivity index (χ2n) is 6.30. The summed E-state index contributed by atoms with van der Waals surface area (Å²) in [5.74, 6) is -2.13. The van der Waals surface area contributed by atoms with Crippen molar-refractivity contribution in [3.05, 3.63) is 39.6 Å². The molecule has 0 aromatic heterocycles. The summed E-state index contributed by atoms with van der Waals surface area (Å²) >= 11 is 0. The van der Waals surface area contributed by atoms with Crippen molar-refractivity contribution in [2.24, 2.45) is 0 Å². The molecule has 1 aliphatic heterocycles. The highest BCUT2D eigenvalue weighted by atomic mass is 28.1. The molecule has 5 nitrogen and oxygen atoms in total. The second-order valence-corrected chi connectivity index (χ2v) is 6.96. The molecule has 0 amide bonds. The van der Waals surface area contributed by atoms with E-state index >= 15 is 0 Å². The number of aromatic carboxylic acids is 2. The molecule has 2 rings (SSSR count). The molecule has 138 valence electrons. The number of benzene rings is 1. The van der Waals surface area contributed by atoms with Crippen LogP contribution in [0.1, 0.15) is 63.6 Å². The first kappa shape index (κ1) is 21.0. The molecule has 0 radical (unpaired) electrons. The molecule has 0 atom stereocenters. The van der Waals surface area contributed by atoms with Gasteiger partial charge in [-0.3, -0.25) is 0 Å². The van der Waals surface area contributed by atoms with Crippen molar-refractivity contribution in [1.29, 1.82) is 0 Å². The van der Waals surface area contributed by atoms with Crippen LogP contribution in [0.2, 0.25) is 0 Å². The minimum atomic E-state index is -1.07. The van der Waals surface area contributed by atoms with Crippen molar-refractivity contribution in [1.82, 2.24) is 0 Å². The maximum atomic E-state index is 11.7. The lowest BCUT2D eigenvalue weighted by atomic mass is 9.90. The van der Waals surface area contributed by atoms with E-state index in [2.05, 4.69) is 16.7 Å². The third-order valence-corrected chi connectivity index (χ3v) is 5.38. The summed E-state index contributed by atoms with van der Waals surface area (Å²) in [6.45, 7) is 8.85. The van der Waals surface area contributed by atoms with E-state index in [-0.39, 0.29) is 11.1 Å². The molecule has 2 N–H and O–H groups in total. The first-order valence-electron chi connectivity index (χ1n) is 8.70. The normalized spacial score (nSPS) is 14.3. The van der Waals surface area contributed by atoms with Crippen molar-refractivity contribution in [2.45, 2.75) is 47.0 Å². The molecule has 0 saturated carbocycles. The van der Waals surface area contributed by atoms with E-state index in [4.69, 9.17) is 0 Å². The molecule has 1 aromatic rings. The molecule has 1 fully saturated rings. The third kappa shape index (κ3) is 4.72. The lowest BCUT2D eigenvalue weighted by Crippen LogP contribution is -2.32. The maximum absolute atomic E-state index is 11.7. The lowest BCUT2D eigenvalue weighted by Gasteiger charge is -2.33. The Morgan fingerprint density at radius 3 is 1.80 bits per heavy atom. The van der Waals surface area contributed by atoms with Gasteiger partial charge in [0.25, 0.3) is 0 Å². The predicted molar refractivity (Wildman–Crippen MR) is 105 cm³/mol. The highest BCUT2D eigenvalue weighted by molar-refractivity contribution is 6.16. The Labute approximate surface area is 152 Å². The molecule has 1 saturated heterocycles. The second kappa shape index (κ2) is 9.41. The van der Waals surface area contributed by atoms with Gasteiger partial charge in [-0.15, -0.1) is 5.70 Å².